The topological polar surface area (TPSA) is 43.1 Å². The SMILES string of the molecule is Br.O=[N+]([O-])c1ccc(C[PH](c2ccccc2)(c2ccccc2)c2ccccc2)cc1. The van der Waals surface area contributed by atoms with Crippen LogP contribution in [0.1, 0.15) is 5.56 Å². The maximum atomic E-state index is 11.1. The molecule has 152 valence electrons. The fourth-order valence-corrected chi connectivity index (χ4v) is 8.76. The Morgan fingerprint density at radius 3 is 1.30 bits per heavy atom. The van der Waals surface area contributed by atoms with Gasteiger partial charge in [-0.25, -0.2) is 0 Å². The molecule has 0 spiro atoms. The van der Waals surface area contributed by atoms with E-state index in [-0.39, 0.29) is 27.6 Å². The van der Waals surface area contributed by atoms with Gasteiger partial charge in [0.25, 0.3) is 0 Å². The minimum atomic E-state index is -2.38. The third kappa shape index (κ3) is 4.35. The van der Waals surface area contributed by atoms with E-state index in [0.717, 1.165) is 11.7 Å². The summed E-state index contributed by atoms with van der Waals surface area (Å²) in [6.45, 7) is 0. The van der Waals surface area contributed by atoms with Gasteiger partial charge in [-0.1, -0.05) is 0 Å². The molecule has 0 fully saturated rings. The van der Waals surface area contributed by atoms with Crippen LogP contribution >= 0.6 is 24.2 Å². The van der Waals surface area contributed by atoms with Crippen molar-refractivity contribution >= 4 is 45.8 Å². The van der Waals surface area contributed by atoms with Crippen LogP contribution in [0.25, 0.3) is 0 Å². The molecule has 0 bridgehead atoms. The first-order valence-corrected chi connectivity index (χ1v) is 11.8. The van der Waals surface area contributed by atoms with Crippen molar-refractivity contribution in [2.24, 2.45) is 0 Å². The van der Waals surface area contributed by atoms with Crippen molar-refractivity contribution in [3.63, 3.8) is 0 Å². The number of benzene rings is 4. The Bertz CT molecular complexity index is 992. The Morgan fingerprint density at radius 1 is 0.600 bits per heavy atom. The summed E-state index contributed by atoms with van der Waals surface area (Å²) in [6, 6.07) is 39.0. The first kappa shape index (κ1) is 21.9. The summed E-state index contributed by atoms with van der Waals surface area (Å²) in [4.78, 5) is 10.7. The van der Waals surface area contributed by atoms with Gasteiger partial charge in [-0.15, -0.1) is 17.0 Å². The van der Waals surface area contributed by atoms with Crippen LogP contribution < -0.4 is 15.9 Å². The Balaban J connectivity index is 0.00000256. The van der Waals surface area contributed by atoms with Gasteiger partial charge >= 0.3 is 171 Å². The quantitative estimate of drug-likeness (QED) is 0.211. The Hall–Kier alpha value is -2.81. The van der Waals surface area contributed by atoms with Gasteiger partial charge in [-0.05, 0) is 0 Å². The van der Waals surface area contributed by atoms with Gasteiger partial charge in [-0.2, -0.15) is 0 Å². The molecule has 4 aromatic carbocycles. The van der Waals surface area contributed by atoms with Crippen LogP contribution in [0.3, 0.4) is 0 Å². The summed E-state index contributed by atoms with van der Waals surface area (Å²) < 4.78 is 0. The first-order valence-electron chi connectivity index (χ1n) is 9.60. The average molecular weight is 480 g/mol. The van der Waals surface area contributed by atoms with E-state index in [9.17, 15) is 10.1 Å². The van der Waals surface area contributed by atoms with Crippen molar-refractivity contribution in [1.29, 1.82) is 0 Å². The second kappa shape index (κ2) is 9.80. The van der Waals surface area contributed by atoms with E-state index < -0.39 is 7.26 Å². The standard InChI is InChI=1S/C25H22NO2P.BrH/c27-26(28)22-18-16-21(17-19-22)20-29(23-10-4-1-5-11-23,24-12-6-2-7-13-24)25-14-8-3-9-15-25;/h1-19,29H,20H2;1H. The number of non-ortho nitro benzene ring substituents is 1. The summed E-state index contributed by atoms with van der Waals surface area (Å²) in [7, 11) is -2.38. The van der Waals surface area contributed by atoms with Crippen molar-refractivity contribution in [3.05, 3.63) is 131 Å². The predicted octanol–water partition coefficient (Wildman–Crippen LogP) is 5.40. The maximum absolute atomic E-state index is 11.1. The molecule has 30 heavy (non-hydrogen) atoms. The third-order valence-corrected chi connectivity index (χ3v) is 10.3. The second-order valence-corrected chi connectivity index (χ2v) is 11.0. The summed E-state index contributed by atoms with van der Waals surface area (Å²) in [5.41, 5.74) is 1.24. The molecule has 3 nitrogen and oxygen atoms in total. The molecule has 0 saturated heterocycles. The summed E-state index contributed by atoms with van der Waals surface area (Å²) >= 11 is 0. The number of halogens is 1. The number of nitro groups is 1. The molecule has 0 heterocycles. The molecule has 4 aromatic rings. The minimum absolute atomic E-state index is 0. The molecule has 0 aliphatic carbocycles. The van der Waals surface area contributed by atoms with Crippen molar-refractivity contribution in [2.75, 3.05) is 0 Å². The Morgan fingerprint density at radius 2 is 0.967 bits per heavy atom. The molecule has 0 amide bonds. The van der Waals surface area contributed by atoms with Crippen LogP contribution in [-0.4, -0.2) is 4.92 Å². The summed E-state index contributed by atoms with van der Waals surface area (Å²) in [5.74, 6) is 0. The summed E-state index contributed by atoms with van der Waals surface area (Å²) in [6.07, 6.45) is 0.836. The Kier molecular flexibility index (Phi) is 7.15. The third-order valence-electron chi connectivity index (χ3n) is 5.42. The van der Waals surface area contributed by atoms with Gasteiger partial charge in [0.05, 0.1) is 0 Å². The normalized spacial score (nSPS) is 11.3. The molecule has 0 aliphatic heterocycles. The number of hydrogen-bond acceptors (Lipinski definition) is 2. The van der Waals surface area contributed by atoms with E-state index in [2.05, 4.69) is 72.8 Å². The molecular weight excluding hydrogens is 457 g/mol. The number of nitro benzene ring substituents is 1. The number of rotatable bonds is 6. The zero-order chi connectivity index (χ0) is 20.1. The average Bonchev–Trinajstić information content (AvgIpc) is 2.79. The van der Waals surface area contributed by atoms with Crippen LogP contribution in [-0.2, 0) is 6.16 Å². The monoisotopic (exact) mass is 479 g/mol. The second-order valence-electron chi connectivity index (χ2n) is 7.10. The van der Waals surface area contributed by atoms with Gasteiger partial charge in [0.1, 0.15) is 0 Å². The van der Waals surface area contributed by atoms with Crippen LogP contribution in [0, 0.1) is 10.1 Å². The van der Waals surface area contributed by atoms with Crippen molar-refractivity contribution in [3.8, 4) is 0 Å². The van der Waals surface area contributed by atoms with E-state index >= 15 is 0 Å². The molecule has 0 atom stereocenters. The van der Waals surface area contributed by atoms with Gasteiger partial charge in [0.15, 0.2) is 0 Å². The van der Waals surface area contributed by atoms with Crippen molar-refractivity contribution in [1.82, 2.24) is 0 Å². The fraction of sp³-hybridized carbons (Fsp3) is 0.0400. The van der Waals surface area contributed by atoms with Gasteiger partial charge < -0.3 is 0 Å². The molecule has 0 radical (unpaired) electrons. The zero-order valence-electron chi connectivity index (χ0n) is 16.3. The van der Waals surface area contributed by atoms with Crippen LogP contribution in [0.5, 0.6) is 0 Å². The van der Waals surface area contributed by atoms with E-state index in [1.165, 1.54) is 15.9 Å². The summed E-state index contributed by atoms with van der Waals surface area (Å²) in [5, 5.41) is 15.1. The van der Waals surface area contributed by atoms with Crippen molar-refractivity contribution < 1.29 is 4.92 Å². The molecule has 0 aliphatic rings. The first-order chi connectivity index (χ1) is 14.2. The van der Waals surface area contributed by atoms with E-state index in [1.54, 1.807) is 12.1 Å². The number of hydrogen-bond donors (Lipinski definition) is 0. The Labute approximate surface area is 187 Å². The molecule has 4 rings (SSSR count). The van der Waals surface area contributed by atoms with E-state index in [0.29, 0.717) is 0 Å². The van der Waals surface area contributed by atoms with E-state index in [1.807, 2.05) is 30.3 Å². The number of nitrogens with zero attached hydrogens (tertiary/aromatic N) is 1. The van der Waals surface area contributed by atoms with Gasteiger partial charge in [-0.3, -0.25) is 0 Å². The molecule has 5 heteroatoms. The molecular formula is C25H23BrNO2P. The van der Waals surface area contributed by atoms with Crippen molar-refractivity contribution in [2.45, 2.75) is 6.16 Å². The van der Waals surface area contributed by atoms with E-state index in [4.69, 9.17) is 0 Å². The van der Waals surface area contributed by atoms with Gasteiger partial charge in [0.2, 0.25) is 0 Å². The predicted molar refractivity (Wildman–Crippen MR) is 134 cm³/mol. The van der Waals surface area contributed by atoms with Gasteiger partial charge in [0, 0.05) is 0 Å². The molecule has 0 unspecified atom stereocenters. The fourth-order valence-electron chi connectivity index (χ4n) is 4.02. The molecule has 0 N–H and O–H groups in total. The van der Waals surface area contributed by atoms with Crippen LogP contribution in [0.15, 0.2) is 115 Å². The van der Waals surface area contributed by atoms with Crippen LogP contribution in [0.4, 0.5) is 5.69 Å². The molecule has 0 aromatic heterocycles. The van der Waals surface area contributed by atoms with Crippen LogP contribution in [0.2, 0.25) is 0 Å². The molecule has 0 saturated carbocycles. The zero-order valence-corrected chi connectivity index (χ0v) is 19.1.